The smallest absolute Gasteiger partial charge is 0.0294 e. The van der Waals surface area contributed by atoms with Crippen molar-refractivity contribution in [2.45, 2.75) is 32.1 Å². The van der Waals surface area contributed by atoms with Gasteiger partial charge in [-0.2, -0.15) is 0 Å². The van der Waals surface area contributed by atoms with Gasteiger partial charge in [0.1, 0.15) is 0 Å². The summed E-state index contributed by atoms with van der Waals surface area (Å²) in [5.74, 6) is 2.08. The normalized spacial score (nSPS) is 41.6. The van der Waals surface area contributed by atoms with Gasteiger partial charge in [0.2, 0.25) is 0 Å². The van der Waals surface area contributed by atoms with Gasteiger partial charge < -0.3 is 0 Å². The number of hydrogen-bond acceptors (Lipinski definition) is 0. The van der Waals surface area contributed by atoms with Crippen LogP contribution < -0.4 is 0 Å². The van der Waals surface area contributed by atoms with Gasteiger partial charge in [-0.05, 0) is 43.9 Å². The van der Waals surface area contributed by atoms with Gasteiger partial charge in [0.05, 0.1) is 0 Å². The second-order valence-electron chi connectivity index (χ2n) is 3.70. The maximum atomic E-state index is 4.06. The van der Waals surface area contributed by atoms with Gasteiger partial charge in [-0.1, -0.05) is 12.2 Å². The highest BCUT2D eigenvalue weighted by molar-refractivity contribution is 5.04. The van der Waals surface area contributed by atoms with E-state index in [9.17, 15) is 0 Å². The van der Waals surface area contributed by atoms with Crippen LogP contribution in [0.1, 0.15) is 32.1 Å². The number of allylic oxidation sites excluding steroid dienone is 1. The Bertz CT molecular complexity index is 121. The van der Waals surface area contributed by atoms with Crippen molar-refractivity contribution in [3.05, 3.63) is 12.2 Å². The topological polar surface area (TPSA) is 0 Å². The van der Waals surface area contributed by atoms with Crippen LogP contribution in [0.15, 0.2) is 12.2 Å². The third-order valence-electron chi connectivity index (χ3n) is 2.80. The van der Waals surface area contributed by atoms with Crippen molar-refractivity contribution in [2.24, 2.45) is 11.8 Å². The summed E-state index contributed by atoms with van der Waals surface area (Å²) >= 11 is 0. The van der Waals surface area contributed by atoms with Gasteiger partial charge in [0.15, 0.2) is 0 Å². The summed E-state index contributed by atoms with van der Waals surface area (Å²) in [5.41, 5.74) is 1.52. The van der Waals surface area contributed by atoms with Crippen LogP contribution in [0.25, 0.3) is 0 Å². The molecule has 50 valence electrons. The van der Waals surface area contributed by atoms with E-state index in [1.165, 1.54) is 37.7 Å². The van der Waals surface area contributed by atoms with E-state index in [1.807, 2.05) is 0 Å². The Morgan fingerprint density at radius 3 is 2.22 bits per heavy atom. The molecule has 2 aliphatic carbocycles. The van der Waals surface area contributed by atoms with E-state index >= 15 is 0 Å². The van der Waals surface area contributed by atoms with Crippen LogP contribution in [-0.4, -0.2) is 0 Å². The number of fused-ring (bicyclic) bond motifs is 2. The minimum atomic E-state index is 1.04. The monoisotopic (exact) mass is 122 g/mol. The maximum absolute atomic E-state index is 4.06. The summed E-state index contributed by atoms with van der Waals surface area (Å²) < 4.78 is 0. The van der Waals surface area contributed by atoms with E-state index in [0.717, 1.165) is 11.8 Å². The molecule has 2 bridgehead atoms. The molecule has 0 aliphatic heterocycles. The van der Waals surface area contributed by atoms with Crippen molar-refractivity contribution >= 4 is 0 Å². The lowest BCUT2D eigenvalue weighted by Gasteiger charge is -2.19. The molecule has 0 amide bonds. The molecule has 0 nitrogen and oxygen atoms in total. The molecule has 0 radical (unpaired) electrons. The van der Waals surface area contributed by atoms with Crippen LogP contribution in [0.2, 0.25) is 0 Å². The fraction of sp³-hybridized carbons (Fsp3) is 0.778. The van der Waals surface area contributed by atoms with E-state index < -0.39 is 0 Å². The van der Waals surface area contributed by atoms with Gasteiger partial charge >= 0.3 is 0 Å². The average molecular weight is 122 g/mol. The molecule has 0 aromatic carbocycles. The molecule has 0 saturated heterocycles. The fourth-order valence-corrected chi connectivity index (χ4v) is 2.45. The first-order chi connectivity index (χ1) is 4.34. The quantitative estimate of drug-likeness (QED) is 0.433. The lowest BCUT2D eigenvalue weighted by Crippen LogP contribution is -2.06. The molecule has 0 aromatic heterocycles. The Morgan fingerprint density at radius 2 is 1.67 bits per heavy atom. The van der Waals surface area contributed by atoms with E-state index in [4.69, 9.17) is 0 Å². The molecule has 0 aromatic rings. The summed E-state index contributed by atoms with van der Waals surface area (Å²) in [5, 5.41) is 0. The summed E-state index contributed by atoms with van der Waals surface area (Å²) in [6, 6.07) is 0. The minimum Gasteiger partial charge on any atom is -0.0998 e. The van der Waals surface area contributed by atoms with Crippen molar-refractivity contribution in [3.8, 4) is 0 Å². The molecule has 0 spiro atoms. The van der Waals surface area contributed by atoms with Crippen molar-refractivity contribution in [1.82, 2.24) is 0 Å². The lowest BCUT2D eigenvalue weighted by molar-refractivity contribution is 0.428. The Kier molecular flexibility index (Phi) is 1.14. The van der Waals surface area contributed by atoms with Crippen LogP contribution in [-0.2, 0) is 0 Å². The fourth-order valence-electron chi connectivity index (χ4n) is 2.45. The van der Waals surface area contributed by atoms with E-state index in [1.54, 1.807) is 0 Å². The number of hydrogen-bond donors (Lipinski definition) is 0. The molecule has 2 saturated carbocycles. The summed E-state index contributed by atoms with van der Waals surface area (Å²) in [7, 11) is 0. The molecule has 9 heavy (non-hydrogen) atoms. The van der Waals surface area contributed by atoms with E-state index in [0.29, 0.717) is 0 Å². The molecular weight excluding hydrogens is 108 g/mol. The Morgan fingerprint density at radius 1 is 1.11 bits per heavy atom. The minimum absolute atomic E-state index is 1.04. The van der Waals surface area contributed by atoms with Gasteiger partial charge in [-0.15, -0.1) is 0 Å². The van der Waals surface area contributed by atoms with Crippen LogP contribution in [0.4, 0.5) is 0 Å². The van der Waals surface area contributed by atoms with E-state index in [2.05, 4.69) is 6.58 Å². The Balaban J connectivity index is 2.11. The average Bonchev–Trinajstić information content (AvgIpc) is 2.11. The maximum Gasteiger partial charge on any atom is -0.0294 e. The molecule has 2 fully saturated rings. The zero-order chi connectivity index (χ0) is 6.27. The zero-order valence-electron chi connectivity index (χ0n) is 5.90. The Labute approximate surface area is 57.0 Å². The molecule has 2 atom stereocenters. The van der Waals surface area contributed by atoms with Gasteiger partial charge in [0, 0.05) is 0 Å². The largest absolute Gasteiger partial charge is 0.0998 e. The Hall–Kier alpha value is -0.260. The molecular formula is C9H14. The van der Waals surface area contributed by atoms with Crippen LogP contribution >= 0.6 is 0 Å². The molecule has 0 heterocycles. The first-order valence-electron chi connectivity index (χ1n) is 4.01. The highest BCUT2D eigenvalue weighted by atomic mass is 14.3. The molecule has 2 unspecified atom stereocenters. The summed E-state index contributed by atoms with van der Waals surface area (Å²) in [4.78, 5) is 0. The second-order valence-corrected chi connectivity index (χ2v) is 3.70. The van der Waals surface area contributed by atoms with Crippen molar-refractivity contribution in [2.75, 3.05) is 0 Å². The molecule has 2 rings (SSSR count). The summed E-state index contributed by atoms with van der Waals surface area (Å²) in [6.07, 6.45) is 7.18. The molecule has 0 N–H and O–H groups in total. The van der Waals surface area contributed by atoms with Gasteiger partial charge in [-0.3, -0.25) is 0 Å². The lowest BCUT2D eigenvalue weighted by atomic mass is 9.86. The first-order valence-corrected chi connectivity index (χ1v) is 4.01. The number of rotatable bonds is 0. The molecule has 2 aliphatic rings. The first kappa shape index (κ1) is 5.52. The van der Waals surface area contributed by atoms with Crippen molar-refractivity contribution < 1.29 is 0 Å². The van der Waals surface area contributed by atoms with Crippen LogP contribution in [0, 0.1) is 11.8 Å². The third-order valence-corrected chi connectivity index (χ3v) is 2.80. The zero-order valence-corrected chi connectivity index (χ0v) is 5.90. The highest BCUT2D eigenvalue weighted by Crippen LogP contribution is 2.43. The third kappa shape index (κ3) is 0.910. The standard InChI is InChI=1S/C9H14/c1-7-4-8-2-3-9(5-7)6-8/h8-9H,1-6H2. The predicted molar refractivity (Wildman–Crippen MR) is 39.2 cm³/mol. The predicted octanol–water partition coefficient (Wildman–Crippen LogP) is 2.75. The van der Waals surface area contributed by atoms with Crippen LogP contribution in [0.5, 0.6) is 0 Å². The van der Waals surface area contributed by atoms with Crippen molar-refractivity contribution in [3.63, 3.8) is 0 Å². The van der Waals surface area contributed by atoms with Crippen molar-refractivity contribution in [1.29, 1.82) is 0 Å². The molecule has 0 heteroatoms. The van der Waals surface area contributed by atoms with Gasteiger partial charge in [0.25, 0.3) is 0 Å². The van der Waals surface area contributed by atoms with Crippen LogP contribution in [0.3, 0.4) is 0 Å². The van der Waals surface area contributed by atoms with E-state index in [-0.39, 0.29) is 0 Å². The summed E-state index contributed by atoms with van der Waals surface area (Å²) in [6.45, 7) is 4.06. The van der Waals surface area contributed by atoms with Gasteiger partial charge in [-0.25, -0.2) is 0 Å². The second kappa shape index (κ2) is 1.86. The SMILES string of the molecule is C=C1CC2CCC(C1)C2. The highest BCUT2D eigenvalue weighted by Gasteiger charge is 2.29.